The average Bonchev–Trinajstić information content (AvgIpc) is 4.01. The van der Waals surface area contributed by atoms with Crippen LogP contribution in [0, 0.1) is 19.7 Å². The van der Waals surface area contributed by atoms with Gasteiger partial charge in [0.15, 0.2) is 0 Å². The molecule has 2 saturated carbocycles. The number of unbranched alkanes of at least 4 members (excludes halogenated alkanes) is 3. The fourth-order valence-corrected chi connectivity index (χ4v) is 8.45. The van der Waals surface area contributed by atoms with E-state index in [4.69, 9.17) is 9.15 Å². The summed E-state index contributed by atoms with van der Waals surface area (Å²) in [6, 6.07) is 4.78. The molecule has 1 aromatic carbocycles. The van der Waals surface area contributed by atoms with Crippen LogP contribution in [0.25, 0.3) is 0 Å². The number of aryl methyl sites for hydroxylation is 2. The molecule has 0 spiro atoms. The minimum absolute atomic E-state index is 0.0350. The van der Waals surface area contributed by atoms with E-state index in [0.29, 0.717) is 36.1 Å². The first-order valence-electron chi connectivity index (χ1n) is 18.6. The minimum atomic E-state index is -3.84. The van der Waals surface area contributed by atoms with E-state index in [9.17, 15) is 32.0 Å². The molecule has 0 radical (unpaired) electrons. The van der Waals surface area contributed by atoms with Crippen molar-refractivity contribution in [2.75, 3.05) is 6.54 Å². The number of rotatable bonds is 16. The van der Waals surface area contributed by atoms with Gasteiger partial charge in [0.2, 0.25) is 21.8 Å². The Balaban J connectivity index is 1.18. The van der Waals surface area contributed by atoms with Gasteiger partial charge in [-0.15, -0.1) is 0 Å². The molecule has 15 heteroatoms. The minimum Gasteiger partial charge on any atom is -0.465 e. The number of nitrogens with one attached hydrogen (secondary N) is 3. The number of ether oxygens (including phenoxy) is 1. The van der Waals surface area contributed by atoms with Crippen molar-refractivity contribution in [3.63, 3.8) is 0 Å². The first kappa shape index (κ1) is 38.5. The lowest BCUT2D eigenvalue weighted by atomic mass is 10.0. The Kier molecular flexibility index (Phi) is 11.6. The van der Waals surface area contributed by atoms with E-state index < -0.39 is 62.7 Å². The summed E-state index contributed by atoms with van der Waals surface area (Å²) in [7, 11) is -3.84. The molecule has 3 fully saturated rings. The van der Waals surface area contributed by atoms with Crippen LogP contribution in [-0.4, -0.2) is 77.6 Å². The molecule has 1 saturated heterocycles. The summed E-state index contributed by atoms with van der Waals surface area (Å²) < 4.78 is 53.4. The third-order valence-electron chi connectivity index (χ3n) is 10.7. The molecule has 3 N–H and O–H groups in total. The molecule has 2 aromatic rings. The fourth-order valence-electron chi connectivity index (χ4n) is 7.07. The summed E-state index contributed by atoms with van der Waals surface area (Å²) in [6.07, 6.45) is 7.94. The number of hydrogen-bond acceptors (Lipinski definition) is 9. The molecule has 1 aromatic heterocycles. The second-order valence-corrected chi connectivity index (χ2v) is 16.8. The van der Waals surface area contributed by atoms with Crippen LogP contribution in [0.15, 0.2) is 40.8 Å². The predicted molar refractivity (Wildman–Crippen MR) is 193 cm³/mol. The van der Waals surface area contributed by atoms with Crippen LogP contribution in [0.3, 0.4) is 0 Å². The van der Waals surface area contributed by atoms with Crippen molar-refractivity contribution in [1.82, 2.24) is 25.2 Å². The number of allylic oxidation sites excluding steroid dienone is 2. The molecule has 2 aliphatic heterocycles. The van der Waals surface area contributed by atoms with Crippen molar-refractivity contribution in [2.45, 2.75) is 134 Å². The molecule has 2 aliphatic carbocycles. The monoisotopic (exact) mass is 755 g/mol. The van der Waals surface area contributed by atoms with E-state index in [1.165, 1.54) is 15.9 Å². The van der Waals surface area contributed by atoms with Gasteiger partial charge in [0.25, 0.3) is 5.91 Å². The highest BCUT2D eigenvalue weighted by molar-refractivity contribution is 7.91. The normalized spacial score (nSPS) is 21.1. The van der Waals surface area contributed by atoms with Gasteiger partial charge in [-0.05, 0) is 89.0 Å². The summed E-state index contributed by atoms with van der Waals surface area (Å²) >= 11 is 0. The molecule has 0 bridgehead atoms. The van der Waals surface area contributed by atoms with Gasteiger partial charge in [0, 0.05) is 18.5 Å². The highest BCUT2D eigenvalue weighted by atomic mass is 32.2. The molecule has 0 unspecified atom stereocenters. The standard InChI is InChI=1S/C38H50FN5O8S/c1-4-5-6-7-8-9-13-32(40-20-27-18-24(2)25(3)51-27)35(46)44-22-28(52-37(48)43-21-26-11-10-12-31(39)30(26)23-43)19-33(44)34(45)41-38(16-17-38)36(47)42-53(49,50)29-14-15-29/h4-5,10-12,18,28-29,32-33,40H,6-9,13-17,19-23H2,1-3H3,(H,41,45)(H,42,47)/b5-4-/t28-,32+,33+/m1/s1. The van der Waals surface area contributed by atoms with Crippen molar-refractivity contribution in [2.24, 2.45) is 0 Å². The quantitative estimate of drug-likeness (QED) is 0.166. The Morgan fingerprint density at radius 2 is 1.89 bits per heavy atom. The first-order valence-corrected chi connectivity index (χ1v) is 20.2. The second kappa shape index (κ2) is 16.0. The molecule has 3 atom stereocenters. The number of halogens is 1. The maximum atomic E-state index is 14.5. The first-order chi connectivity index (χ1) is 25.3. The number of fused-ring (bicyclic) bond motifs is 1. The van der Waals surface area contributed by atoms with Gasteiger partial charge in [-0.1, -0.05) is 37.1 Å². The number of carbonyl (C=O) groups excluding carboxylic acids is 4. The Bertz CT molecular complexity index is 1830. The summed E-state index contributed by atoms with van der Waals surface area (Å²) in [6.45, 7) is 6.18. The number of likely N-dealkylation sites (tertiary alicyclic amines) is 1. The van der Waals surface area contributed by atoms with Crippen LogP contribution in [-0.2, 0) is 48.8 Å². The Labute approximate surface area is 310 Å². The third kappa shape index (κ3) is 9.11. The molecule has 4 amide bonds. The van der Waals surface area contributed by atoms with E-state index in [-0.39, 0.29) is 51.3 Å². The lowest BCUT2D eigenvalue weighted by Crippen LogP contribution is -2.57. The highest BCUT2D eigenvalue weighted by Crippen LogP contribution is 2.38. The van der Waals surface area contributed by atoms with Crippen LogP contribution in [0.2, 0.25) is 0 Å². The molecule has 53 heavy (non-hydrogen) atoms. The van der Waals surface area contributed by atoms with Crippen molar-refractivity contribution in [3.8, 4) is 0 Å². The number of sulfonamides is 1. The van der Waals surface area contributed by atoms with Gasteiger partial charge in [-0.3, -0.25) is 29.3 Å². The van der Waals surface area contributed by atoms with Gasteiger partial charge < -0.3 is 19.4 Å². The Morgan fingerprint density at radius 1 is 1.11 bits per heavy atom. The number of hydrogen-bond donors (Lipinski definition) is 3. The lowest BCUT2D eigenvalue weighted by molar-refractivity contribution is -0.141. The summed E-state index contributed by atoms with van der Waals surface area (Å²) in [4.78, 5) is 57.8. The maximum Gasteiger partial charge on any atom is 0.410 e. The maximum absolute atomic E-state index is 14.5. The zero-order chi connectivity index (χ0) is 37.9. The zero-order valence-corrected chi connectivity index (χ0v) is 31.4. The van der Waals surface area contributed by atoms with E-state index >= 15 is 0 Å². The van der Waals surface area contributed by atoms with Gasteiger partial charge in [-0.2, -0.15) is 0 Å². The lowest BCUT2D eigenvalue weighted by Gasteiger charge is -2.29. The van der Waals surface area contributed by atoms with Gasteiger partial charge in [0.05, 0.1) is 30.9 Å². The molecule has 4 aliphatic rings. The third-order valence-corrected chi connectivity index (χ3v) is 12.5. The van der Waals surface area contributed by atoms with E-state index in [1.807, 2.05) is 32.9 Å². The summed E-state index contributed by atoms with van der Waals surface area (Å²) in [5.74, 6) is -0.750. The largest absolute Gasteiger partial charge is 0.465 e. The zero-order valence-electron chi connectivity index (χ0n) is 30.6. The van der Waals surface area contributed by atoms with Crippen LogP contribution >= 0.6 is 0 Å². The number of carbonyl (C=O) groups is 4. The second-order valence-electron chi connectivity index (χ2n) is 14.8. The number of amides is 4. The highest BCUT2D eigenvalue weighted by Gasteiger charge is 2.55. The SMILES string of the molecule is C/C=C\CCCCC[C@H](NCc1cc(C)c(C)o1)C(=O)N1C[C@H](OC(=O)N2Cc3cccc(F)c3C2)C[C@H]1C(=O)NC1(C(=O)NS(=O)(=O)C2CC2)CC1. The van der Waals surface area contributed by atoms with Gasteiger partial charge >= 0.3 is 6.09 Å². The van der Waals surface area contributed by atoms with Crippen LogP contribution in [0.5, 0.6) is 0 Å². The molecule has 288 valence electrons. The molecule has 13 nitrogen and oxygen atoms in total. The van der Waals surface area contributed by atoms with Gasteiger partial charge in [-0.25, -0.2) is 17.6 Å². The molecular formula is C38H50FN5O8S. The van der Waals surface area contributed by atoms with E-state index in [0.717, 1.165) is 37.0 Å². The number of furan rings is 1. The van der Waals surface area contributed by atoms with E-state index in [1.54, 1.807) is 12.1 Å². The van der Waals surface area contributed by atoms with Crippen molar-refractivity contribution >= 4 is 33.8 Å². The topological polar surface area (TPSA) is 167 Å². The van der Waals surface area contributed by atoms with Gasteiger partial charge in [0.1, 0.15) is 35.0 Å². The Morgan fingerprint density at radius 3 is 2.55 bits per heavy atom. The smallest absolute Gasteiger partial charge is 0.410 e. The van der Waals surface area contributed by atoms with Crippen molar-refractivity contribution in [1.29, 1.82) is 0 Å². The predicted octanol–water partition coefficient (Wildman–Crippen LogP) is 4.40. The summed E-state index contributed by atoms with van der Waals surface area (Å²) in [5, 5.41) is 5.48. The van der Waals surface area contributed by atoms with Crippen molar-refractivity contribution in [3.05, 3.63) is 70.4 Å². The molecule has 6 rings (SSSR count). The van der Waals surface area contributed by atoms with Crippen LogP contribution in [0.1, 0.15) is 99.3 Å². The molecular weight excluding hydrogens is 706 g/mol. The summed E-state index contributed by atoms with van der Waals surface area (Å²) in [5.41, 5.74) is 0.679. The Hall–Kier alpha value is -4.24. The average molecular weight is 756 g/mol. The fraction of sp³-hybridized carbons (Fsp3) is 0.579. The number of nitrogens with zero attached hydrogens (tertiary/aromatic N) is 2. The van der Waals surface area contributed by atoms with Crippen LogP contribution in [0.4, 0.5) is 9.18 Å². The number of benzene rings is 1. The molecule has 3 heterocycles. The van der Waals surface area contributed by atoms with Crippen LogP contribution < -0.4 is 15.4 Å². The van der Waals surface area contributed by atoms with Crippen molar-refractivity contribution < 1.29 is 41.1 Å². The van der Waals surface area contributed by atoms with E-state index in [2.05, 4.69) is 21.4 Å².